The van der Waals surface area contributed by atoms with Crippen LogP contribution in [0.1, 0.15) is 35.2 Å². The third kappa shape index (κ3) is 3.34. The molecule has 2 aromatic heterocycles. The molecule has 29 heavy (non-hydrogen) atoms. The van der Waals surface area contributed by atoms with Gasteiger partial charge in [-0.1, -0.05) is 11.6 Å². The molecule has 7 nitrogen and oxygen atoms in total. The van der Waals surface area contributed by atoms with Gasteiger partial charge in [-0.15, -0.1) is 0 Å². The Morgan fingerprint density at radius 3 is 2.76 bits per heavy atom. The molecule has 1 aromatic carbocycles. The lowest BCUT2D eigenvalue weighted by Crippen LogP contribution is -2.29. The van der Waals surface area contributed by atoms with Gasteiger partial charge in [-0.05, 0) is 62.7 Å². The lowest BCUT2D eigenvalue weighted by molar-refractivity contribution is 0.0772. The normalized spacial score (nSPS) is 16.9. The van der Waals surface area contributed by atoms with Crippen LogP contribution in [0.25, 0.3) is 22.4 Å². The van der Waals surface area contributed by atoms with Crippen molar-refractivity contribution in [3.05, 3.63) is 50.9 Å². The number of H-pyrrole nitrogens is 2. The van der Waals surface area contributed by atoms with Gasteiger partial charge in [0.2, 0.25) is 0 Å². The maximum Gasteiger partial charge on any atom is 0.260 e. The first kappa shape index (κ1) is 18.4. The molecular weight excluding hydrogens is 390 g/mol. The molecule has 0 spiro atoms. The highest BCUT2D eigenvalue weighted by atomic mass is 35.5. The standard InChI is InChI=1S/C21H22ClN5O2/c22-15-4-5-23-20(28)18(15)19-24-16-10-13-12-27(9-3-8-26-6-1-2-7-26)21(29)14(13)11-17(16)25-19/h4-5,10-11H,1-3,6-9,12H2,(H,23,28)(H,24,25). The molecule has 2 aliphatic heterocycles. The number of amides is 1. The van der Waals surface area contributed by atoms with Crippen molar-refractivity contribution in [1.29, 1.82) is 0 Å². The van der Waals surface area contributed by atoms with Crippen molar-refractivity contribution in [2.45, 2.75) is 25.8 Å². The SMILES string of the molecule is O=C1c2cc3nc(-c4c(Cl)cc[nH]c4=O)[nH]c3cc2CN1CCCN1CCCC1. The van der Waals surface area contributed by atoms with E-state index in [-0.39, 0.29) is 11.5 Å². The number of hydrogen-bond donors (Lipinski definition) is 2. The number of carbonyl (C=O) groups excluding carboxylic acids is 1. The van der Waals surface area contributed by atoms with Crippen LogP contribution >= 0.6 is 11.6 Å². The Hall–Kier alpha value is -2.64. The molecule has 0 atom stereocenters. The Bertz CT molecular complexity index is 1150. The molecule has 1 saturated heterocycles. The minimum absolute atomic E-state index is 0.0588. The zero-order valence-corrected chi connectivity index (χ0v) is 16.8. The van der Waals surface area contributed by atoms with Crippen LogP contribution < -0.4 is 5.56 Å². The van der Waals surface area contributed by atoms with E-state index in [1.165, 1.54) is 32.1 Å². The summed E-state index contributed by atoms with van der Waals surface area (Å²) in [6, 6.07) is 5.40. The number of fused-ring (bicyclic) bond motifs is 2. The Kier molecular flexibility index (Phi) is 4.64. The second kappa shape index (κ2) is 7.31. The summed E-state index contributed by atoms with van der Waals surface area (Å²) >= 11 is 6.19. The predicted molar refractivity (Wildman–Crippen MR) is 112 cm³/mol. The zero-order chi connectivity index (χ0) is 20.0. The number of likely N-dealkylation sites (tertiary alicyclic amines) is 1. The molecule has 5 rings (SSSR count). The van der Waals surface area contributed by atoms with Crippen LogP contribution in [0, 0.1) is 0 Å². The predicted octanol–water partition coefficient (Wildman–Crippen LogP) is 3.01. The second-order valence-corrected chi connectivity index (χ2v) is 8.18. The van der Waals surface area contributed by atoms with Gasteiger partial charge in [-0.3, -0.25) is 9.59 Å². The molecule has 1 amide bonds. The van der Waals surface area contributed by atoms with Crippen LogP contribution in [0.2, 0.25) is 5.02 Å². The molecule has 0 radical (unpaired) electrons. The number of rotatable bonds is 5. The number of halogens is 1. The number of carbonyl (C=O) groups is 1. The van der Waals surface area contributed by atoms with Gasteiger partial charge < -0.3 is 19.8 Å². The van der Waals surface area contributed by atoms with Crippen LogP contribution in [0.15, 0.2) is 29.2 Å². The second-order valence-electron chi connectivity index (χ2n) is 7.77. The molecular formula is C21H22ClN5O2. The van der Waals surface area contributed by atoms with Crippen molar-refractivity contribution in [2.24, 2.45) is 0 Å². The number of hydrogen-bond acceptors (Lipinski definition) is 4. The smallest absolute Gasteiger partial charge is 0.260 e. The van der Waals surface area contributed by atoms with Crippen molar-refractivity contribution in [2.75, 3.05) is 26.2 Å². The van der Waals surface area contributed by atoms with Gasteiger partial charge in [-0.25, -0.2) is 4.98 Å². The Morgan fingerprint density at radius 2 is 1.97 bits per heavy atom. The van der Waals surface area contributed by atoms with Crippen LogP contribution in [-0.2, 0) is 6.54 Å². The Morgan fingerprint density at radius 1 is 1.14 bits per heavy atom. The van der Waals surface area contributed by atoms with E-state index in [0.717, 1.165) is 30.6 Å². The first-order valence-electron chi connectivity index (χ1n) is 10.0. The molecule has 2 aliphatic rings. The molecule has 0 unspecified atom stereocenters. The largest absolute Gasteiger partial charge is 0.338 e. The Labute approximate surface area is 172 Å². The molecule has 1 fully saturated rings. The zero-order valence-electron chi connectivity index (χ0n) is 16.0. The molecule has 4 heterocycles. The van der Waals surface area contributed by atoms with Crippen molar-refractivity contribution in [1.82, 2.24) is 24.8 Å². The minimum Gasteiger partial charge on any atom is -0.338 e. The highest BCUT2D eigenvalue weighted by molar-refractivity contribution is 6.33. The summed E-state index contributed by atoms with van der Waals surface area (Å²) in [5.74, 6) is 0.467. The average Bonchev–Trinajstić information content (AvgIpc) is 3.40. The topological polar surface area (TPSA) is 85.1 Å². The summed E-state index contributed by atoms with van der Waals surface area (Å²) in [6.07, 6.45) is 5.07. The van der Waals surface area contributed by atoms with E-state index in [2.05, 4.69) is 19.9 Å². The van der Waals surface area contributed by atoms with E-state index in [4.69, 9.17) is 11.6 Å². The van der Waals surface area contributed by atoms with Crippen LogP contribution in [0.3, 0.4) is 0 Å². The summed E-state index contributed by atoms with van der Waals surface area (Å²) in [5.41, 5.74) is 3.15. The highest BCUT2D eigenvalue weighted by Gasteiger charge is 2.28. The lowest BCUT2D eigenvalue weighted by Gasteiger charge is -2.19. The maximum atomic E-state index is 12.9. The van der Waals surface area contributed by atoms with Crippen molar-refractivity contribution >= 4 is 28.5 Å². The highest BCUT2D eigenvalue weighted by Crippen LogP contribution is 2.30. The molecule has 0 aliphatic carbocycles. The number of nitrogens with one attached hydrogen (secondary N) is 2. The molecule has 0 saturated carbocycles. The third-order valence-corrected chi connectivity index (χ3v) is 6.15. The maximum absolute atomic E-state index is 12.9. The molecule has 0 bridgehead atoms. The van der Waals surface area contributed by atoms with Gasteiger partial charge in [0.05, 0.1) is 16.1 Å². The quantitative estimate of drug-likeness (QED) is 0.675. The van der Waals surface area contributed by atoms with Crippen molar-refractivity contribution in [3.63, 3.8) is 0 Å². The van der Waals surface area contributed by atoms with Crippen molar-refractivity contribution < 1.29 is 4.79 Å². The third-order valence-electron chi connectivity index (χ3n) is 5.83. The first-order valence-corrected chi connectivity index (χ1v) is 10.4. The number of nitrogens with zero attached hydrogens (tertiary/aromatic N) is 3. The van der Waals surface area contributed by atoms with Crippen LogP contribution in [0.5, 0.6) is 0 Å². The minimum atomic E-state index is -0.302. The summed E-state index contributed by atoms with van der Waals surface area (Å²) in [6.45, 7) is 4.80. The summed E-state index contributed by atoms with van der Waals surface area (Å²) < 4.78 is 0. The van der Waals surface area contributed by atoms with E-state index < -0.39 is 0 Å². The van der Waals surface area contributed by atoms with E-state index in [1.54, 1.807) is 6.07 Å². The van der Waals surface area contributed by atoms with Crippen LogP contribution in [0.4, 0.5) is 0 Å². The van der Waals surface area contributed by atoms with Gasteiger partial charge >= 0.3 is 0 Å². The molecule has 2 N–H and O–H groups in total. The average molecular weight is 412 g/mol. The molecule has 3 aromatic rings. The molecule has 8 heteroatoms. The lowest BCUT2D eigenvalue weighted by atomic mass is 10.1. The van der Waals surface area contributed by atoms with Crippen LogP contribution in [-0.4, -0.2) is 56.8 Å². The van der Waals surface area contributed by atoms with Gasteiger partial charge in [0.1, 0.15) is 11.4 Å². The van der Waals surface area contributed by atoms with Gasteiger partial charge in [-0.2, -0.15) is 0 Å². The van der Waals surface area contributed by atoms with Gasteiger partial charge in [0, 0.05) is 24.8 Å². The fourth-order valence-corrected chi connectivity index (χ4v) is 4.58. The first-order chi connectivity index (χ1) is 14.1. The van der Waals surface area contributed by atoms with Crippen molar-refractivity contribution in [3.8, 4) is 11.4 Å². The van der Waals surface area contributed by atoms with Gasteiger partial charge in [0.15, 0.2) is 0 Å². The monoisotopic (exact) mass is 411 g/mol. The van der Waals surface area contributed by atoms with Gasteiger partial charge in [0.25, 0.3) is 11.5 Å². The summed E-state index contributed by atoms with van der Waals surface area (Å²) in [7, 11) is 0. The van der Waals surface area contributed by atoms with E-state index in [1.807, 2.05) is 17.0 Å². The number of imidazole rings is 1. The fourth-order valence-electron chi connectivity index (χ4n) is 4.34. The fraction of sp³-hybridized carbons (Fsp3) is 0.381. The molecule has 150 valence electrons. The number of pyridine rings is 1. The Balaban J connectivity index is 1.37. The summed E-state index contributed by atoms with van der Waals surface area (Å²) in [4.78, 5) is 39.7. The van der Waals surface area contributed by atoms with E-state index in [9.17, 15) is 9.59 Å². The van der Waals surface area contributed by atoms with E-state index in [0.29, 0.717) is 34.0 Å². The number of aromatic amines is 2. The number of aromatic nitrogens is 3. The van der Waals surface area contributed by atoms with E-state index >= 15 is 0 Å². The number of benzene rings is 1. The summed E-state index contributed by atoms with van der Waals surface area (Å²) in [5, 5.41) is 0.334.